The Bertz CT molecular complexity index is 597. The second-order valence-electron chi connectivity index (χ2n) is 4.63. The monoisotopic (exact) mass is 313 g/mol. The summed E-state index contributed by atoms with van der Waals surface area (Å²) in [7, 11) is 0. The third kappa shape index (κ3) is 4.44. The van der Waals surface area contributed by atoms with Gasteiger partial charge in [0.2, 0.25) is 0 Å². The van der Waals surface area contributed by atoms with Crippen LogP contribution in [0.4, 0.5) is 13.2 Å². The summed E-state index contributed by atoms with van der Waals surface area (Å²) in [5, 5.41) is 1.18. The van der Waals surface area contributed by atoms with E-state index in [9.17, 15) is 13.2 Å². The quantitative estimate of drug-likeness (QED) is 0.938. The number of pyridine rings is 2. The number of halogens is 3. The van der Waals surface area contributed by atoms with Gasteiger partial charge in [0, 0.05) is 18.4 Å². The van der Waals surface area contributed by atoms with Gasteiger partial charge in [-0.25, -0.2) is 9.97 Å². The summed E-state index contributed by atoms with van der Waals surface area (Å²) in [6.45, 7) is 1.89. The van der Waals surface area contributed by atoms with Crippen LogP contribution in [-0.2, 0) is 12.6 Å². The Morgan fingerprint density at radius 3 is 2.57 bits per heavy atom. The summed E-state index contributed by atoms with van der Waals surface area (Å²) in [6, 6.07) is 6.06. The van der Waals surface area contributed by atoms with Crippen molar-refractivity contribution >= 4 is 11.8 Å². The molecular formula is C14H14F3N3S. The van der Waals surface area contributed by atoms with E-state index >= 15 is 0 Å². The average molecular weight is 313 g/mol. The molecule has 2 N–H and O–H groups in total. The minimum atomic E-state index is -4.37. The fourth-order valence-corrected chi connectivity index (χ4v) is 2.56. The Balaban J connectivity index is 2.19. The van der Waals surface area contributed by atoms with Crippen LogP contribution in [0.1, 0.15) is 18.1 Å². The van der Waals surface area contributed by atoms with Crippen LogP contribution in [0.3, 0.4) is 0 Å². The molecule has 2 heterocycles. The summed E-state index contributed by atoms with van der Waals surface area (Å²) in [6.07, 6.45) is -1.26. The Morgan fingerprint density at radius 1 is 1.24 bits per heavy atom. The molecule has 0 amide bonds. The molecule has 0 aliphatic carbocycles. The summed E-state index contributed by atoms with van der Waals surface area (Å²) >= 11 is 1.23. The maximum absolute atomic E-state index is 12.5. The van der Waals surface area contributed by atoms with Crippen molar-refractivity contribution in [3.8, 4) is 0 Å². The SMILES string of the molecule is CC(N)Cc1cccnc1Sc1ccc(C(F)(F)F)cn1. The topological polar surface area (TPSA) is 51.8 Å². The van der Waals surface area contributed by atoms with Crippen LogP contribution < -0.4 is 5.73 Å². The molecule has 0 aliphatic rings. The first-order valence-corrected chi connectivity index (χ1v) is 7.08. The molecule has 0 fully saturated rings. The lowest BCUT2D eigenvalue weighted by molar-refractivity contribution is -0.137. The Morgan fingerprint density at radius 2 is 2.00 bits per heavy atom. The highest BCUT2D eigenvalue weighted by molar-refractivity contribution is 7.99. The van der Waals surface area contributed by atoms with Crippen molar-refractivity contribution in [2.45, 2.75) is 35.6 Å². The fraction of sp³-hybridized carbons (Fsp3) is 0.286. The standard InChI is InChI=1S/C14H14F3N3S/c1-9(18)7-10-3-2-6-19-13(10)21-12-5-4-11(8-20-12)14(15,16)17/h2-6,8-9H,7,18H2,1H3. The van der Waals surface area contributed by atoms with Crippen LogP contribution in [-0.4, -0.2) is 16.0 Å². The molecule has 3 nitrogen and oxygen atoms in total. The Labute approximate surface area is 124 Å². The Kier molecular flexibility index (Phi) is 4.84. The van der Waals surface area contributed by atoms with E-state index in [0.29, 0.717) is 16.5 Å². The highest BCUT2D eigenvalue weighted by atomic mass is 32.2. The summed E-state index contributed by atoms with van der Waals surface area (Å²) in [5.74, 6) is 0. The van der Waals surface area contributed by atoms with Gasteiger partial charge in [-0.15, -0.1) is 0 Å². The summed E-state index contributed by atoms with van der Waals surface area (Å²) in [5.41, 5.74) is 5.97. The highest BCUT2D eigenvalue weighted by Gasteiger charge is 2.30. The zero-order chi connectivity index (χ0) is 15.5. The molecule has 1 unspecified atom stereocenters. The fourth-order valence-electron chi connectivity index (χ4n) is 1.73. The molecule has 1 atom stereocenters. The van der Waals surface area contributed by atoms with Crippen molar-refractivity contribution in [2.24, 2.45) is 5.73 Å². The normalized spacial score (nSPS) is 13.2. The van der Waals surface area contributed by atoms with E-state index < -0.39 is 11.7 Å². The van der Waals surface area contributed by atoms with Gasteiger partial charge in [0.05, 0.1) is 5.56 Å². The number of nitrogens with two attached hydrogens (primary N) is 1. The van der Waals surface area contributed by atoms with E-state index in [-0.39, 0.29) is 6.04 Å². The number of aromatic nitrogens is 2. The lowest BCUT2D eigenvalue weighted by atomic mass is 10.1. The zero-order valence-corrected chi connectivity index (χ0v) is 12.1. The minimum Gasteiger partial charge on any atom is -0.328 e. The summed E-state index contributed by atoms with van der Waals surface area (Å²) < 4.78 is 37.4. The average Bonchev–Trinajstić information content (AvgIpc) is 2.40. The van der Waals surface area contributed by atoms with Gasteiger partial charge in [0.25, 0.3) is 0 Å². The van der Waals surface area contributed by atoms with Gasteiger partial charge in [-0.2, -0.15) is 13.2 Å². The minimum absolute atomic E-state index is 0.0193. The first-order chi connectivity index (χ1) is 9.86. The number of rotatable bonds is 4. The van der Waals surface area contributed by atoms with E-state index in [1.165, 1.54) is 17.8 Å². The number of nitrogens with zero attached hydrogens (tertiary/aromatic N) is 2. The molecule has 0 saturated heterocycles. The van der Waals surface area contributed by atoms with E-state index in [0.717, 1.165) is 17.8 Å². The van der Waals surface area contributed by atoms with Crippen molar-refractivity contribution in [1.82, 2.24) is 9.97 Å². The van der Waals surface area contributed by atoms with Gasteiger partial charge in [0.15, 0.2) is 0 Å². The largest absolute Gasteiger partial charge is 0.417 e. The molecule has 7 heteroatoms. The lowest BCUT2D eigenvalue weighted by Crippen LogP contribution is -2.18. The van der Waals surface area contributed by atoms with Gasteiger partial charge in [-0.1, -0.05) is 6.07 Å². The molecule has 2 aromatic rings. The van der Waals surface area contributed by atoms with Gasteiger partial charge in [-0.05, 0) is 48.9 Å². The second kappa shape index (κ2) is 6.44. The van der Waals surface area contributed by atoms with Crippen molar-refractivity contribution in [3.05, 3.63) is 47.8 Å². The van der Waals surface area contributed by atoms with Crippen LogP contribution in [0.15, 0.2) is 46.7 Å². The molecule has 0 saturated carbocycles. The van der Waals surface area contributed by atoms with Crippen LogP contribution in [0.25, 0.3) is 0 Å². The molecule has 2 aromatic heterocycles. The third-order valence-corrected chi connectivity index (χ3v) is 3.67. The number of alkyl halides is 3. The van der Waals surface area contributed by atoms with Crippen LogP contribution in [0.2, 0.25) is 0 Å². The van der Waals surface area contributed by atoms with Crippen LogP contribution >= 0.6 is 11.8 Å². The summed E-state index contributed by atoms with van der Waals surface area (Å²) in [4.78, 5) is 8.08. The molecular weight excluding hydrogens is 299 g/mol. The first kappa shape index (κ1) is 15.8. The van der Waals surface area contributed by atoms with E-state index in [4.69, 9.17) is 5.73 Å². The second-order valence-corrected chi connectivity index (χ2v) is 5.64. The van der Waals surface area contributed by atoms with E-state index in [1.807, 2.05) is 19.1 Å². The Hall–Kier alpha value is -1.60. The number of hydrogen-bond donors (Lipinski definition) is 1. The van der Waals surface area contributed by atoms with E-state index in [1.54, 1.807) is 6.20 Å². The molecule has 0 aliphatic heterocycles. The molecule has 0 bridgehead atoms. The van der Waals surface area contributed by atoms with Gasteiger partial charge in [-0.3, -0.25) is 0 Å². The predicted octanol–water partition coefficient (Wildman–Crippen LogP) is 3.54. The number of hydrogen-bond acceptors (Lipinski definition) is 4. The molecule has 0 radical (unpaired) electrons. The highest BCUT2D eigenvalue weighted by Crippen LogP contribution is 2.32. The van der Waals surface area contributed by atoms with Crippen molar-refractivity contribution < 1.29 is 13.2 Å². The van der Waals surface area contributed by atoms with E-state index in [2.05, 4.69) is 9.97 Å². The van der Waals surface area contributed by atoms with Crippen LogP contribution in [0, 0.1) is 0 Å². The maximum atomic E-state index is 12.5. The van der Waals surface area contributed by atoms with Gasteiger partial charge < -0.3 is 5.73 Å². The molecule has 0 spiro atoms. The lowest BCUT2D eigenvalue weighted by Gasteiger charge is -2.10. The van der Waals surface area contributed by atoms with Crippen molar-refractivity contribution in [3.63, 3.8) is 0 Å². The predicted molar refractivity (Wildman–Crippen MR) is 75.0 cm³/mol. The zero-order valence-electron chi connectivity index (χ0n) is 11.3. The molecule has 112 valence electrons. The maximum Gasteiger partial charge on any atom is 0.417 e. The van der Waals surface area contributed by atoms with Gasteiger partial charge >= 0.3 is 6.18 Å². The molecule has 0 aromatic carbocycles. The van der Waals surface area contributed by atoms with Crippen molar-refractivity contribution in [1.29, 1.82) is 0 Å². The van der Waals surface area contributed by atoms with Crippen LogP contribution in [0.5, 0.6) is 0 Å². The first-order valence-electron chi connectivity index (χ1n) is 6.27. The molecule has 2 rings (SSSR count). The van der Waals surface area contributed by atoms with Crippen molar-refractivity contribution in [2.75, 3.05) is 0 Å². The molecule has 21 heavy (non-hydrogen) atoms. The van der Waals surface area contributed by atoms with Gasteiger partial charge in [0.1, 0.15) is 10.1 Å². The smallest absolute Gasteiger partial charge is 0.328 e. The third-order valence-electron chi connectivity index (χ3n) is 2.66.